The van der Waals surface area contributed by atoms with Crippen LogP contribution in [0.5, 0.6) is 0 Å². The van der Waals surface area contributed by atoms with E-state index in [4.69, 9.17) is 11.6 Å². The smallest absolute Gasteiger partial charge is 0.264 e. The van der Waals surface area contributed by atoms with E-state index in [0.717, 1.165) is 34.1 Å². The maximum absolute atomic E-state index is 13.8. The van der Waals surface area contributed by atoms with E-state index < -0.39 is 34.3 Å². The molecule has 0 aliphatic rings. The number of aryl methyl sites for hydroxylation is 1. The van der Waals surface area contributed by atoms with Gasteiger partial charge in [-0.25, -0.2) is 12.8 Å². The molecule has 3 aromatic rings. The first-order chi connectivity index (χ1) is 17.9. The van der Waals surface area contributed by atoms with Crippen LogP contribution in [0.15, 0.2) is 77.7 Å². The summed E-state index contributed by atoms with van der Waals surface area (Å²) in [6, 6.07) is 16.9. The molecule has 1 N–H and O–H groups in total. The molecule has 0 bridgehead atoms. The Kier molecular flexibility index (Phi) is 9.51. The van der Waals surface area contributed by atoms with Crippen molar-refractivity contribution in [1.82, 2.24) is 10.2 Å². The van der Waals surface area contributed by atoms with E-state index in [1.165, 1.54) is 4.90 Å². The monoisotopic (exact) mass is 559 g/mol. The molecule has 10 heteroatoms. The summed E-state index contributed by atoms with van der Waals surface area (Å²) in [5.74, 6) is -1.55. The average molecular weight is 560 g/mol. The second kappa shape index (κ2) is 12.4. The highest BCUT2D eigenvalue weighted by atomic mass is 35.5. The lowest BCUT2D eigenvalue weighted by Crippen LogP contribution is -2.52. The van der Waals surface area contributed by atoms with Gasteiger partial charge >= 0.3 is 0 Å². The van der Waals surface area contributed by atoms with Crippen LogP contribution in [0.1, 0.15) is 31.9 Å². The summed E-state index contributed by atoms with van der Waals surface area (Å²) in [7, 11) is -4.26. The minimum absolute atomic E-state index is 0.0322. The average Bonchev–Trinajstić information content (AvgIpc) is 2.86. The number of nitrogens with zero attached hydrogens (tertiary/aromatic N) is 2. The second-order valence-corrected chi connectivity index (χ2v) is 11.6. The molecule has 0 aliphatic carbocycles. The van der Waals surface area contributed by atoms with E-state index in [2.05, 4.69) is 5.32 Å². The molecule has 1 atom stereocenters. The molecule has 0 aromatic heterocycles. The molecular weight excluding hydrogens is 529 g/mol. The largest absolute Gasteiger partial charge is 0.352 e. The summed E-state index contributed by atoms with van der Waals surface area (Å²) >= 11 is 6.14. The lowest BCUT2D eigenvalue weighted by Gasteiger charge is -2.32. The molecule has 0 radical (unpaired) electrons. The number of rotatable bonds is 10. The Labute approximate surface area is 228 Å². The molecule has 0 aliphatic heterocycles. The number of sulfonamides is 1. The van der Waals surface area contributed by atoms with Crippen molar-refractivity contribution in [3.05, 3.63) is 94.8 Å². The number of carbonyl (C=O) groups excluding carboxylic acids is 2. The van der Waals surface area contributed by atoms with Gasteiger partial charge in [-0.05, 0) is 81.8 Å². The highest BCUT2D eigenvalue weighted by Crippen LogP contribution is 2.25. The zero-order chi connectivity index (χ0) is 28.0. The van der Waals surface area contributed by atoms with Crippen molar-refractivity contribution in [1.29, 1.82) is 0 Å². The number of hydrogen-bond acceptors (Lipinski definition) is 4. The summed E-state index contributed by atoms with van der Waals surface area (Å²) in [5.41, 5.74) is 1.84. The minimum Gasteiger partial charge on any atom is -0.352 e. The Morgan fingerprint density at radius 1 is 0.974 bits per heavy atom. The van der Waals surface area contributed by atoms with Gasteiger partial charge in [0.05, 0.1) is 10.6 Å². The molecule has 0 spiro atoms. The summed E-state index contributed by atoms with van der Waals surface area (Å²) in [5, 5.41) is 3.27. The normalized spacial score (nSPS) is 12.2. The maximum Gasteiger partial charge on any atom is 0.264 e. The van der Waals surface area contributed by atoms with Crippen molar-refractivity contribution in [2.75, 3.05) is 10.8 Å². The number of nitrogens with one attached hydrogen (secondary N) is 1. The quantitative estimate of drug-likeness (QED) is 0.382. The number of halogens is 2. The van der Waals surface area contributed by atoms with Gasteiger partial charge in [0.2, 0.25) is 11.8 Å². The zero-order valence-electron chi connectivity index (χ0n) is 21.7. The van der Waals surface area contributed by atoms with Gasteiger partial charge in [0.25, 0.3) is 10.0 Å². The van der Waals surface area contributed by atoms with Crippen LogP contribution in [-0.4, -0.2) is 43.8 Å². The van der Waals surface area contributed by atoms with E-state index in [0.29, 0.717) is 10.6 Å². The number of anilines is 1. The van der Waals surface area contributed by atoms with Crippen molar-refractivity contribution >= 4 is 39.1 Å². The molecule has 3 aromatic carbocycles. The third-order valence-corrected chi connectivity index (χ3v) is 7.87. The van der Waals surface area contributed by atoms with E-state index in [-0.39, 0.29) is 29.1 Å². The van der Waals surface area contributed by atoms with Crippen molar-refractivity contribution in [3.8, 4) is 0 Å². The van der Waals surface area contributed by atoms with Crippen LogP contribution in [-0.2, 0) is 26.2 Å². The maximum atomic E-state index is 13.8. The third-order valence-electron chi connectivity index (χ3n) is 5.84. The number of benzene rings is 3. The van der Waals surface area contributed by atoms with Crippen molar-refractivity contribution in [2.24, 2.45) is 0 Å². The molecule has 0 unspecified atom stereocenters. The first-order valence-corrected chi connectivity index (χ1v) is 13.9. The van der Waals surface area contributed by atoms with Gasteiger partial charge in [0.15, 0.2) is 0 Å². The van der Waals surface area contributed by atoms with Gasteiger partial charge in [-0.15, -0.1) is 0 Å². The van der Waals surface area contributed by atoms with Gasteiger partial charge < -0.3 is 10.2 Å². The summed E-state index contributed by atoms with van der Waals surface area (Å²) in [6.07, 6.45) is 0. The minimum atomic E-state index is -4.26. The first-order valence-electron chi connectivity index (χ1n) is 12.1. The Morgan fingerprint density at radius 3 is 2.18 bits per heavy atom. The van der Waals surface area contributed by atoms with Gasteiger partial charge in [-0.1, -0.05) is 41.4 Å². The summed E-state index contributed by atoms with van der Waals surface area (Å²) in [6.45, 7) is 6.51. The zero-order valence-corrected chi connectivity index (χ0v) is 23.3. The third kappa shape index (κ3) is 7.33. The predicted molar refractivity (Wildman–Crippen MR) is 147 cm³/mol. The lowest BCUT2D eigenvalue weighted by atomic mass is 10.1. The van der Waals surface area contributed by atoms with Crippen LogP contribution in [0.4, 0.5) is 10.1 Å². The fourth-order valence-corrected chi connectivity index (χ4v) is 5.42. The van der Waals surface area contributed by atoms with Crippen LogP contribution < -0.4 is 9.62 Å². The number of hydrogen-bond donors (Lipinski definition) is 1. The van der Waals surface area contributed by atoms with Crippen molar-refractivity contribution < 1.29 is 22.4 Å². The Morgan fingerprint density at radius 2 is 1.61 bits per heavy atom. The van der Waals surface area contributed by atoms with Crippen LogP contribution in [0.3, 0.4) is 0 Å². The molecule has 2 amide bonds. The van der Waals surface area contributed by atoms with E-state index in [9.17, 15) is 22.4 Å². The molecule has 0 saturated carbocycles. The Balaban J connectivity index is 2.02. The molecule has 0 heterocycles. The molecule has 0 fully saturated rings. The molecule has 38 heavy (non-hydrogen) atoms. The molecule has 3 rings (SSSR count). The topological polar surface area (TPSA) is 86.8 Å². The van der Waals surface area contributed by atoms with E-state index in [1.807, 2.05) is 20.8 Å². The van der Waals surface area contributed by atoms with Gasteiger partial charge in [-0.2, -0.15) is 0 Å². The van der Waals surface area contributed by atoms with E-state index in [1.54, 1.807) is 55.5 Å². The predicted octanol–water partition coefficient (Wildman–Crippen LogP) is 4.92. The lowest BCUT2D eigenvalue weighted by molar-refractivity contribution is -0.139. The van der Waals surface area contributed by atoms with Crippen LogP contribution >= 0.6 is 11.6 Å². The SMILES string of the molecule is Cc1ccc(N(CC(=O)N(Cc2cccc(Cl)c2)[C@@H](C)C(=O)NC(C)C)S(=O)(=O)c2ccc(F)cc2)cc1. The second-order valence-electron chi connectivity index (χ2n) is 9.29. The highest BCUT2D eigenvalue weighted by molar-refractivity contribution is 7.92. The standard InChI is InChI=1S/C28H31ClFN3O4S/c1-19(2)31-28(35)21(4)32(17-22-6-5-7-23(29)16-22)27(34)18-33(25-12-8-20(3)9-13-25)38(36,37)26-14-10-24(30)11-15-26/h5-16,19,21H,17-18H2,1-4H3,(H,31,35)/t21-/m0/s1. The molecule has 202 valence electrons. The molecule has 0 saturated heterocycles. The molecule has 7 nitrogen and oxygen atoms in total. The number of amides is 2. The van der Waals surface area contributed by atoms with Gasteiger partial charge in [0.1, 0.15) is 18.4 Å². The van der Waals surface area contributed by atoms with Gasteiger partial charge in [0, 0.05) is 17.6 Å². The fourth-order valence-electron chi connectivity index (χ4n) is 3.79. The van der Waals surface area contributed by atoms with Crippen LogP contribution in [0, 0.1) is 12.7 Å². The van der Waals surface area contributed by atoms with Gasteiger partial charge in [-0.3, -0.25) is 13.9 Å². The van der Waals surface area contributed by atoms with E-state index >= 15 is 0 Å². The van der Waals surface area contributed by atoms with Crippen molar-refractivity contribution in [2.45, 2.75) is 51.2 Å². The Hall–Kier alpha value is -3.43. The first kappa shape index (κ1) is 29.1. The summed E-state index contributed by atoms with van der Waals surface area (Å²) < 4.78 is 41.9. The summed E-state index contributed by atoms with van der Waals surface area (Å²) in [4.78, 5) is 27.9. The van der Waals surface area contributed by atoms with Crippen LogP contribution in [0.25, 0.3) is 0 Å². The van der Waals surface area contributed by atoms with Crippen molar-refractivity contribution in [3.63, 3.8) is 0 Å². The molecular formula is C28H31ClFN3O4S. The fraction of sp³-hybridized carbons (Fsp3) is 0.286. The highest BCUT2D eigenvalue weighted by Gasteiger charge is 2.32. The van der Waals surface area contributed by atoms with Crippen LogP contribution in [0.2, 0.25) is 5.02 Å². The number of carbonyl (C=O) groups is 2. The Bertz CT molecular complexity index is 1380.